The van der Waals surface area contributed by atoms with Gasteiger partial charge in [0.05, 0.1) is 0 Å². The summed E-state index contributed by atoms with van der Waals surface area (Å²) in [7, 11) is 0. The van der Waals surface area contributed by atoms with E-state index in [0.717, 1.165) is 17.6 Å². The van der Waals surface area contributed by atoms with E-state index in [4.69, 9.17) is 9.84 Å². The van der Waals surface area contributed by atoms with Gasteiger partial charge in [-0.05, 0) is 17.9 Å². The molecule has 2 aromatic rings. The van der Waals surface area contributed by atoms with Crippen molar-refractivity contribution in [2.45, 2.75) is 12.5 Å². The van der Waals surface area contributed by atoms with Crippen LogP contribution in [-0.4, -0.2) is 17.8 Å². The van der Waals surface area contributed by atoms with E-state index >= 15 is 0 Å². The Balaban J connectivity index is 1.92. The van der Waals surface area contributed by atoms with E-state index in [9.17, 15) is 0 Å². The lowest BCUT2D eigenvalue weighted by Crippen LogP contribution is -2.02. The van der Waals surface area contributed by atoms with Gasteiger partial charge in [0.15, 0.2) is 0 Å². The number of ether oxygens (including phenoxy) is 1. The Hall–Kier alpha value is -1.54. The molecule has 2 atom stereocenters. The van der Waals surface area contributed by atoms with Gasteiger partial charge >= 0.3 is 0 Å². The van der Waals surface area contributed by atoms with E-state index in [-0.39, 0.29) is 12.7 Å². The van der Waals surface area contributed by atoms with Gasteiger partial charge in [0.1, 0.15) is 11.9 Å². The number of hydrogen-bond donors (Lipinski definition) is 1. The highest BCUT2D eigenvalue weighted by molar-refractivity contribution is 5.88. The fourth-order valence-electron chi connectivity index (χ4n) is 2.02. The molecule has 0 spiro atoms. The molecule has 0 amide bonds. The van der Waals surface area contributed by atoms with Crippen molar-refractivity contribution >= 4 is 10.8 Å². The number of aliphatic hydroxyl groups excluding tert-OH is 1. The second kappa shape index (κ2) is 3.80. The van der Waals surface area contributed by atoms with Gasteiger partial charge in [0, 0.05) is 17.9 Å². The smallest absolute Gasteiger partial charge is 0.127 e. The maximum Gasteiger partial charge on any atom is 0.127 e. The van der Waals surface area contributed by atoms with Crippen LogP contribution in [0.2, 0.25) is 0 Å². The zero-order valence-corrected chi connectivity index (χ0v) is 8.97. The summed E-state index contributed by atoms with van der Waals surface area (Å²) in [6.45, 7) is 0.232. The van der Waals surface area contributed by atoms with Gasteiger partial charge in [-0.25, -0.2) is 0 Å². The molecule has 2 nitrogen and oxygen atoms in total. The molecule has 1 fully saturated rings. The molecule has 1 aliphatic carbocycles. The Morgan fingerprint density at radius 2 is 1.94 bits per heavy atom. The van der Waals surface area contributed by atoms with Crippen LogP contribution in [0.3, 0.4) is 0 Å². The van der Waals surface area contributed by atoms with Crippen LogP contribution in [0.15, 0.2) is 42.5 Å². The van der Waals surface area contributed by atoms with Crippen LogP contribution in [0.1, 0.15) is 6.42 Å². The number of hydrogen-bond acceptors (Lipinski definition) is 2. The first-order valence-electron chi connectivity index (χ1n) is 5.64. The summed E-state index contributed by atoms with van der Waals surface area (Å²) in [6, 6.07) is 14.3. The van der Waals surface area contributed by atoms with Crippen LogP contribution >= 0.6 is 0 Å². The van der Waals surface area contributed by atoms with Crippen LogP contribution in [0.5, 0.6) is 5.75 Å². The molecule has 2 aromatic carbocycles. The molecule has 1 aliphatic rings. The van der Waals surface area contributed by atoms with Gasteiger partial charge in [0.2, 0.25) is 0 Å². The summed E-state index contributed by atoms with van der Waals surface area (Å²) < 4.78 is 5.88. The summed E-state index contributed by atoms with van der Waals surface area (Å²) in [5, 5.41) is 11.3. The van der Waals surface area contributed by atoms with Gasteiger partial charge in [-0.1, -0.05) is 36.4 Å². The van der Waals surface area contributed by atoms with Crippen molar-refractivity contribution in [1.82, 2.24) is 0 Å². The molecule has 1 unspecified atom stereocenters. The molecule has 1 saturated carbocycles. The van der Waals surface area contributed by atoms with E-state index in [0.29, 0.717) is 5.92 Å². The zero-order chi connectivity index (χ0) is 11.0. The molecule has 0 radical (unpaired) electrons. The standard InChI is InChI=1S/C14H14O2/c15-9-11-8-14(11)16-13-7-3-5-10-4-1-2-6-12(10)13/h1-7,11,14-15H,8-9H2/t11?,14-/m0/s1. The summed E-state index contributed by atoms with van der Waals surface area (Å²) >= 11 is 0. The lowest BCUT2D eigenvalue weighted by Gasteiger charge is -2.08. The average Bonchev–Trinajstić information content (AvgIpc) is 3.08. The molecular formula is C14H14O2. The van der Waals surface area contributed by atoms with Gasteiger partial charge in [-0.3, -0.25) is 0 Å². The van der Waals surface area contributed by atoms with Crippen molar-refractivity contribution in [3.8, 4) is 5.75 Å². The molecule has 0 bridgehead atoms. The van der Waals surface area contributed by atoms with E-state index in [1.54, 1.807) is 0 Å². The quantitative estimate of drug-likeness (QED) is 0.851. The van der Waals surface area contributed by atoms with Crippen LogP contribution in [-0.2, 0) is 0 Å². The molecular weight excluding hydrogens is 200 g/mol. The van der Waals surface area contributed by atoms with Gasteiger partial charge in [0.25, 0.3) is 0 Å². The fourth-order valence-corrected chi connectivity index (χ4v) is 2.02. The number of benzene rings is 2. The number of rotatable bonds is 3. The van der Waals surface area contributed by atoms with E-state index < -0.39 is 0 Å². The molecule has 0 saturated heterocycles. The molecule has 16 heavy (non-hydrogen) atoms. The fraction of sp³-hybridized carbons (Fsp3) is 0.286. The summed E-state index contributed by atoms with van der Waals surface area (Å²) in [5.74, 6) is 1.26. The predicted molar refractivity (Wildman–Crippen MR) is 63.6 cm³/mol. The number of fused-ring (bicyclic) bond motifs is 1. The van der Waals surface area contributed by atoms with E-state index in [1.807, 2.05) is 24.3 Å². The SMILES string of the molecule is OCC1C[C@@H]1Oc1cccc2ccccc12. The maximum atomic E-state index is 8.99. The zero-order valence-electron chi connectivity index (χ0n) is 8.97. The first kappa shape index (κ1) is 9.67. The van der Waals surface area contributed by atoms with E-state index in [2.05, 4.69) is 18.2 Å². The largest absolute Gasteiger partial charge is 0.489 e. The maximum absolute atomic E-state index is 8.99. The van der Waals surface area contributed by atoms with Crippen molar-refractivity contribution in [3.05, 3.63) is 42.5 Å². The summed E-state index contributed by atoms with van der Waals surface area (Å²) in [6.07, 6.45) is 1.18. The number of aliphatic hydroxyl groups is 1. The normalized spacial score (nSPS) is 23.3. The van der Waals surface area contributed by atoms with E-state index in [1.165, 1.54) is 5.39 Å². The van der Waals surface area contributed by atoms with Crippen LogP contribution < -0.4 is 4.74 Å². The third-order valence-corrected chi connectivity index (χ3v) is 3.12. The predicted octanol–water partition coefficient (Wildman–Crippen LogP) is 2.60. The molecule has 82 valence electrons. The third kappa shape index (κ3) is 1.65. The molecule has 0 aliphatic heterocycles. The van der Waals surface area contributed by atoms with Crippen LogP contribution in [0.25, 0.3) is 10.8 Å². The Kier molecular flexibility index (Phi) is 2.29. The van der Waals surface area contributed by atoms with Crippen molar-refractivity contribution in [2.24, 2.45) is 5.92 Å². The Bertz CT molecular complexity index is 502. The Morgan fingerprint density at radius 3 is 2.75 bits per heavy atom. The highest BCUT2D eigenvalue weighted by atomic mass is 16.5. The third-order valence-electron chi connectivity index (χ3n) is 3.12. The molecule has 1 N–H and O–H groups in total. The minimum absolute atomic E-state index is 0.204. The van der Waals surface area contributed by atoms with Gasteiger partial charge < -0.3 is 9.84 Å². The Morgan fingerprint density at radius 1 is 1.12 bits per heavy atom. The molecule has 2 heteroatoms. The molecule has 0 aromatic heterocycles. The second-order valence-corrected chi connectivity index (χ2v) is 4.31. The first-order valence-corrected chi connectivity index (χ1v) is 5.64. The molecule has 3 rings (SSSR count). The summed E-state index contributed by atoms with van der Waals surface area (Å²) in [5.41, 5.74) is 0. The van der Waals surface area contributed by atoms with Crippen molar-refractivity contribution in [2.75, 3.05) is 6.61 Å². The minimum Gasteiger partial charge on any atom is -0.489 e. The van der Waals surface area contributed by atoms with Crippen molar-refractivity contribution in [3.63, 3.8) is 0 Å². The highest BCUT2D eigenvalue weighted by Gasteiger charge is 2.38. The average molecular weight is 214 g/mol. The minimum atomic E-state index is 0.204. The van der Waals surface area contributed by atoms with Gasteiger partial charge in [-0.2, -0.15) is 0 Å². The molecule has 0 heterocycles. The lowest BCUT2D eigenvalue weighted by molar-refractivity contribution is 0.226. The second-order valence-electron chi connectivity index (χ2n) is 4.31. The highest BCUT2D eigenvalue weighted by Crippen LogP contribution is 2.36. The van der Waals surface area contributed by atoms with Crippen molar-refractivity contribution in [1.29, 1.82) is 0 Å². The monoisotopic (exact) mass is 214 g/mol. The van der Waals surface area contributed by atoms with Crippen LogP contribution in [0.4, 0.5) is 0 Å². The Labute approximate surface area is 94.5 Å². The van der Waals surface area contributed by atoms with Gasteiger partial charge in [-0.15, -0.1) is 0 Å². The first-order chi connectivity index (χ1) is 7.88. The van der Waals surface area contributed by atoms with Crippen molar-refractivity contribution < 1.29 is 9.84 Å². The topological polar surface area (TPSA) is 29.5 Å². The van der Waals surface area contributed by atoms with Crippen LogP contribution in [0, 0.1) is 5.92 Å². The summed E-state index contributed by atoms with van der Waals surface area (Å²) in [4.78, 5) is 0. The lowest BCUT2D eigenvalue weighted by atomic mass is 10.1.